The Bertz CT molecular complexity index is 1270. The number of thiocarbonyl (C=S) groups is 1. The zero-order chi connectivity index (χ0) is 24.1. The number of ether oxygens (including phenoxy) is 1. The fourth-order valence-electron chi connectivity index (χ4n) is 3.62. The Hall–Kier alpha value is -3.42. The second-order valence-corrected chi connectivity index (χ2v) is 9.48. The third-order valence-electron chi connectivity index (χ3n) is 5.33. The van der Waals surface area contributed by atoms with Gasteiger partial charge in [0.2, 0.25) is 0 Å². The number of hydrogen-bond acceptors (Lipinski definition) is 6. The van der Waals surface area contributed by atoms with Gasteiger partial charge in [-0.2, -0.15) is 0 Å². The summed E-state index contributed by atoms with van der Waals surface area (Å²) in [6, 6.07) is 19.9. The van der Waals surface area contributed by atoms with Crippen LogP contribution in [-0.4, -0.2) is 21.1 Å². The predicted octanol–water partition coefficient (Wildman–Crippen LogP) is 5.64. The van der Waals surface area contributed by atoms with Crippen LogP contribution in [0.25, 0.3) is 6.08 Å². The van der Waals surface area contributed by atoms with Crippen molar-refractivity contribution in [3.63, 3.8) is 0 Å². The van der Waals surface area contributed by atoms with Crippen LogP contribution < -0.4 is 10.1 Å². The van der Waals surface area contributed by atoms with Crippen LogP contribution in [0.15, 0.2) is 71.6 Å². The van der Waals surface area contributed by atoms with E-state index in [0.29, 0.717) is 39.1 Å². The lowest BCUT2D eigenvalue weighted by molar-refractivity contribution is -0.115. The number of thioether (sulfide) groups is 1. The summed E-state index contributed by atoms with van der Waals surface area (Å²) in [7, 11) is 0. The van der Waals surface area contributed by atoms with E-state index in [1.54, 1.807) is 42.5 Å². The zero-order valence-electron chi connectivity index (χ0n) is 18.5. The SMILES string of the molecule is CCCc1c(OCc2ccc(/C=C3/SC(=S)NC3=O)cc2)ccc(C(=O)c2ccccc2)c1O. The van der Waals surface area contributed by atoms with E-state index in [-0.39, 0.29) is 23.0 Å². The summed E-state index contributed by atoms with van der Waals surface area (Å²) in [5.74, 6) is 0.129. The van der Waals surface area contributed by atoms with Crippen LogP contribution in [-0.2, 0) is 17.8 Å². The van der Waals surface area contributed by atoms with Gasteiger partial charge in [-0.15, -0.1) is 0 Å². The molecule has 5 nitrogen and oxygen atoms in total. The van der Waals surface area contributed by atoms with Crippen molar-refractivity contribution in [1.82, 2.24) is 5.32 Å². The van der Waals surface area contributed by atoms with Gasteiger partial charge in [-0.1, -0.05) is 91.9 Å². The molecule has 34 heavy (non-hydrogen) atoms. The molecule has 0 spiro atoms. The molecule has 1 fully saturated rings. The van der Waals surface area contributed by atoms with Gasteiger partial charge in [-0.05, 0) is 35.8 Å². The first kappa shape index (κ1) is 23.7. The Labute approximate surface area is 207 Å². The summed E-state index contributed by atoms with van der Waals surface area (Å²) in [5.41, 5.74) is 3.25. The number of carbonyl (C=O) groups excluding carboxylic acids is 2. The first-order valence-corrected chi connectivity index (χ1v) is 12.1. The maximum absolute atomic E-state index is 12.9. The number of carbonyl (C=O) groups is 2. The minimum Gasteiger partial charge on any atom is -0.507 e. The van der Waals surface area contributed by atoms with E-state index in [9.17, 15) is 14.7 Å². The summed E-state index contributed by atoms with van der Waals surface area (Å²) >= 11 is 6.26. The highest BCUT2D eigenvalue weighted by Gasteiger charge is 2.22. The molecule has 7 heteroatoms. The van der Waals surface area contributed by atoms with Crippen molar-refractivity contribution in [2.24, 2.45) is 0 Å². The van der Waals surface area contributed by atoms with Gasteiger partial charge in [-0.25, -0.2) is 0 Å². The van der Waals surface area contributed by atoms with E-state index in [1.165, 1.54) is 11.8 Å². The van der Waals surface area contributed by atoms with Crippen molar-refractivity contribution < 1.29 is 19.4 Å². The van der Waals surface area contributed by atoms with E-state index in [1.807, 2.05) is 37.3 Å². The highest BCUT2D eigenvalue weighted by molar-refractivity contribution is 8.26. The molecule has 1 heterocycles. The average molecular weight is 490 g/mol. The van der Waals surface area contributed by atoms with Crippen molar-refractivity contribution in [2.45, 2.75) is 26.4 Å². The standard InChI is InChI=1S/C27H23NO4S2/c1-2-6-20-22(14-13-21(25(20)30)24(29)19-7-4-3-5-8-19)32-16-18-11-9-17(10-12-18)15-23-26(31)28-27(33)34-23/h3-5,7-15,30H,2,6,16H2,1H3,(H,28,31,33)/b23-15+. The molecule has 4 rings (SSSR count). The summed E-state index contributed by atoms with van der Waals surface area (Å²) in [4.78, 5) is 25.3. The Morgan fingerprint density at radius 1 is 1.09 bits per heavy atom. The maximum Gasteiger partial charge on any atom is 0.263 e. The monoisotopic (exact) mass is 489 g/mol. The highest BCUT2D eigenvalue weighted by atomic mass is 32.2. The van der Waals surface area contributed by atoms with Gasteiger partial charge in [0.25, 0.3) is 5.91 Å². The fraction of sp³-hybridized carbons (Fsp3) is 0.148. The van der Waals surface area contributed by atoms with Crippen LogP contribution >= 0.6 is 24.0 Å². The second-order valence-electron chi connectivity index (χ2n) is 7.77. The molecular formula is C27H23NO4S2. The smallest absolute Gasteiger partial charge is 0.263 e. The van der Waals surface area contributed by atoms with Crippen LogP contribution in [0.5, 0.6) is 11.5 Å². The molecule has 0 bridgehead atoms. The number of rotatable bonds is 8. The molecule has 0 unspecified atom stereocenters. The normalized spacial score (nSPS) is 14.3. The molecule has 2 N–H and O–H groups in total. The van der Waals surface area contributed by atoms with Gasteiger partial charge in [0.1, 0.15) is 22.4 Å². The predicted molar refractivity (Wildman–Crippen MR) is 139 cm³/mol. The second kappa shape index (κ2) is 10.7. The van der Waals surface area contributed by atoms with Gasteiger partial charge in [0.15, 0.2) is 5.78 Å². The van der Waals surface area contributed by atoms with Gasteiger partial charge in [0.05, 0.1) is 10.5 Å². The number of nitrogens with one attached hydrogen (secondary N) is 1. The number of amides is 1. The third-order valence-corrected chi connectivity index (χ3v) is 6.50. The van der Waals surface area contributed by atoms with Crippen molar-refractivity contribution >= 4 is 46.1 Å². The summed E-state index contributed by atoms with van der Waals surface area (Å²) in [5, 5.41) is 13.5. The van der Waals surface area contributed by atoms with Crippen LogP contribution in [0.3, 0.4) is 0 Å². The molecule has 1 aliphatic rings. The molecule has 3 aromatic carbocycles. The van der Waals surface area contributed by atoms with Crippen LogP contribution in [0.4, 0.5) is 0 Å². The van der Waals surface area contributed by atoms with Gasteiger partial charge < -0.3 is 15.2 Å². The van der Waals surface area contributed by atoms with Crippen molar-refractivity contribution in [2.75, 3.05) is 0 Å². The molecular weight excluding hydrogens is 466 g/mol. The van der Waals surface area contributed by atoms with Gasteiger partial charge >= 0.3 is 0 Å². The van der Waals surface area contributed by atoms with Crippen molar-refractivity contribution in [3.05, 3.63) is 99.5 Å². The lowest BCUT2D eigenvalue weighted by Gasteiger charge is -2.15. The van der Waals surface area contributed by atoms with Crippen molar-refractivity contribution in [1.29, 1.82) is 0 Å². The summed E-state index contributed by atoms with van der Waals surface area (Å²) < 4.78 is 6.49. The number of ketones is 1. The molecule has 3 aromatic rings. The summed E-state index contributed by atoms with van der Waals surface area (Å²) in [6.45, 7) is 2.32. The molecule has 0 aromatic heterocycles. The largest absolute Gasteiger partial charge is 0.507 e. The summed E-state index contributed by atoms with van der Waals surface area (Å²) in [6.07, 6.45) is 3.18. The van der Waals surface area contributed by atoms with Crippen LogP contribution in [0.1, 0.15) is 46.0 Å². The third kappa shape index (κ3) is 5.38. The maximum atomic E-state index is 12.9. The van der Waals surface area contributed by atoms with Crippen LogP contribution in [0.2, 0.25) is 0 Å². The number of phenolic OH excluding ortho intramolecular Hbond substituents is 1. The first-order valence-electron chi connectivity index (χ1n) is 10.9. The quantitative estimate of drug-likeness (QED) is 0.242. The van der Waals surface area contributed by atoms with Gasteiger partial charge in [-0.3, -0.25) is 9.59 Å². The van der Waals surface area contributed by atoms with E-state index >= 15 is 0 Å². The van der Waals surface area contributed by atoms with E-state index in [2.05, 4.69) is 5.32 Å². The number of aromatic hydroxyl groups is 1. The Balaban J connectivity index is 1.50. The fourth-order valence-corrected chi connectivity index (χ4v) is 4.66. The Morgan fingerprint density at radius 3 is 2.47 bits per heavy atom. The molecule has 1 amide bonds. The number of hydrogen-bond donors (Lipinski definition) is 2. The number of benzene rings is 3. The lowest BCUT2D eigenvalue weighted by Crippen LogP contribution is -2.17. The molecule has 172 valence electrons. The molecule has 1 aliphatic heterocycles. The Kier molecular flexibility index (Phi) is 7.45. The minimum absolute atomic E-state index is 0.0274. The van der Waals surface area contributed by atoms with E-state index in [0.717, 1.165) is 17.5 Å². The topological polar surface area (TPSA) is 75.6 Å². The first-order chi connectivity index (χ1) is 16.5. The molecule has 0 radical (unpaired) electrons. The molecule has 0 aliphatic carbocycles. The highest BCUT2D eigenvalue weighted by Crippen LogP contribution is 2.34. The van der Waals surface area contributed by atoms with E-state index < -0.39 is 0 Å². The molecule has 0 saturated carbocycles. The van der Waals surface area contributed by atoms with Crippen molar-refractivity contribution in [3.8, 4) is 11.5 Å². The average Bonchev–Trinajstić information content (AvgIpc) is 3.17. The lowest BCUT2D eigenvalue weighted by atomic mass is 9.97. The Morgan fingerprint density at radius 2 is 1.82 bits per heavy atom. The number of phenols is 1. The van der Waals surface area contributed by atoms with Crippen LogP contribution in [0, 0.1) is 0 Å². The van der Waals surface area contributed by atoms with Gasteiger partial charge in [0, 0.05) is 11.1 Å². The molecule has 1 saturated heterocycles. The molecule has 0 atom stereocenters. The zero-order valence-corrected chi connectivity index (χ0v) is 20.2. The van der Waals surface area contributed by atoms with E-state index in [4.69, 9.17) is 17.0 Å². The minimum atomic E-state index is -0.221.